The second-order valence-electron chi connectivity index (χ2n) is 4.62. The van der Waals surface area contributed by atoms with Crippen molar-refractivity contribution in [1.82, 2.24) is 4.98 Å². The third kappa shape index (κ3) is 2.71. The summed E-state index contributed by atoms with van der Waals surface area (Å²) in [5, 5.41) is 2.13. The first kappa shape index (κ1) is 12.8. The Hall–Kier alpha value is -1.23. The van der Waals surface area contributed by atoms with Crippen molar-refractivity contribution in [3.05, 3.63) is 52.0 Å². The SMILES string of the molecule is CCc1ccc(CC(N)c2cc3sccc3s2)nc1. The van der Waals surface area contributed by atoms with E-state index in [4.69, 9.17) is 5.73 Å². The second kappa shape index (κ2) is 5.41. The topological polar surface area (TPSA) is 38.9 Å². The molecule has 0 bridgehead atoms. The highest BCUT2D eigenvalue weighted by molar-refractivity contribution is 7.26. The molecule has 0 aliphatic rings. The van der Waals surface area contributed by atoms with Crippen molar-refractivity contribution in [3.8, 4) is 0 Å². The lowest BCUT2D eigenvalue weighted by molar-refractivity contribution is 0.719. The van der Waals surface area contributed by atoms with Crippen LogP contribution in [0.5, 0.6) is 0 Å². The molecule has 0 spiro atoms. The molecule has 0 saturated carbocycles. The number of nitrogens with two attached hydrogens (primary N) is 1. The first-order valence-electron chi connectivity index (χ1n) is 6.42. The molecule has 1 atom stereocenters. The third-order valence-electron chi connectivity index (χ3n) is 3.25. The molecule has 2 nitrogen and oxygen atoms in total. The molecule has 19 heavy (non-hydrogen) atoms. The van der Waals surface area contributed by atoms with E-state index in [0.29, 0.717) is 0 Å². The zero-order chi connectivity index (χ0) is 13.2. The van der Waals surface area contributed by atoms with Crippen LogP contribution in [0.2, 0.25) is 0 Å². The maximum atomic E-state index is 6.30. The Morgan fingerprint density at radius 1 is 1.26 bits per heavy atom. The van der Waals surface area contributed by atoms with Gasteiger partial charge in [0.15, 0.2) is 0 Å². The van der Waals surface area contributed by atoms with Crippen LogP contribution < -0.4 is 5.73 Å². The fraction of sp³-hybridized carbons (Fsp3) is 0.267. The summed E-state index contributed by atoms with van der Waals surface area (Å²) in [6.45, 7) is 2.14. The molecule has 0 amide bonds. The van der Waals surface area contributed by atoms with Gasteiger partial charge in [0.1, 0.15) is 0 Å². The van der Waals surface area contributed by atoms with Crippen LogP contribution in [0.4, 0.5) is 0 Å². The first-order valence-corrected chi connectivity index (χ1v) is 8.12. The number of fused-ring (bicyclic) bond motifs is 1. The number of hydrogen-bond acceptors (Lipinski definition) is 4. The molecule has 3 heterocycles. The van der Waals surface area contributed by atoms with Gasteiger partial charge in [0.25, 0.3) is 0 Å². The zero-order valence-corrected chi connectivity index (χ0v) is 12.4. The Kier molecular flexibility index (Phi) is 3.64. The van der Waals surface area contributed by atoms with Gasteiger partial charge in [-0.3, -0.25) is 4.98 Å². The normalized spacial score (nSPS) is 12.9. The van der Waals surface area contributed by atoms with Gasteiger partial charge in [0.05, 0.1) is 0 Å². The van der Waals surface area contributed by atoms with Crippen molar-refractivity contribution in [2.24, 2.45) is 5.73 Å². The summed E-state index contributed by atoms with van der Waals surface area (Å²) in [6, 6.07) is 8.66. The average Bonchev–Trinajstić information content (AvgIpc) is 3.00. The minimum atomic E-state index is 0.0459. The van der Waals surface area contributed by atoms with Gasteiger partial charge in [0.2, 0.25) is 0 Å². The number of nitrogens with zero attached hydrogens (tertiary/aromatic N) is 1. The van der Waals surface area contributed by atoms with Gasteiger partial charge in [-0.1, -0.05) is 13.0 Å². The van der Waals surface area contributed by atoms with Crippen LogP contribution >= 0.6 is 22.7 Å². The van der Waals surface area contributed by atoms with E-state index in [1.54, 1.807) is 22.7 Å². The van der Waals surface area contributed by atoms with Crippen LogP contribution in [-0.4, -0.2) is 4.98 Å². The molecule has 0 aromatic carbocycles. The number of pyridine rings is 1. The number of hydrogen-bond donors (Lipinski definition) is 1. The number of aromatic nitrogens is 1. The average molecular weight is 288 g/mol. The van der Waals surface area contributed by atoms with E-state index < -0.39 is 0 Å². The van der Waals surface area contributed by atoms with E-state index in [2.05, 4.69) is 41.6 Å². The van der Waals surface area contributed by atoms with E-state index in [-0.39, 0.29) is 6.04 Å². The standard InChI is InChI=1S/C15H16N2S2/c1-2-10-3-4-11(17-9-10)7-12(16)14-8-15-13(19-14)5-6-18-15/h3-6,8-9,12H,2,7,16H2,1H3. The number of aryl methyl sites for hydroxylation is 1. The summed E-state index contributed by atoms with van der Waals surface area (Å²) < 4.78 is 2.68. The predicted octanol–water partition coefficient (Wildman–Crippen LogP) is 4.16. The Morgan fingerprint density at radius 3 is 2.84 bits per heavy atom. The van der Waals surface area contributed by atoms with Crippen molar-refractivity contribution in [2.45, 2.75) is 25.8 Å². The van der Waals surface area contributed by atoms with Crippen LogP contribution in [0.15, 0.2) is 35.8 Å². The fourth-order valence-electron chi connectivity index (χ4n) is 2.08. The van der Waals surface area contributed by atoms with E-state index in [9.17, 15) is 0 Å². The van der Waals surface area contributed by atoms with Crippen molar-refractivity contribution in [1.29, 1.82) is 0 Å². The van der Waals surface area contributed by atoms with Gasteiger partial charge in [-0.2, -0.15) is 0 Å². The Bertz CT molecular complexity index is 638. The van der Waals surface area contributed by atoms with Crippen molar-refractivity contribution in [3.63, 3.8) is 0 Å². The van der Waals surface area contributed by atoms with Crippen molar-refractivity contribution < 1.29 is 0 Å². The van der Waals surface area contributed by atoms with Gasteiger partial charge in [0, 0.05) is 38.6 Å². The van der Waals surface area contributed by atoms with Crippen molar-refractivity contribution in [2.75, 3.05) is 0 Å². The van der Waals surface area contributed by atoms with E-state index in [1.807, 2.05) is 6.20 Å². The smallest absolute Gasteiger partial charge is 0.0454 e. The predicted molar refractivity (Wildman–Crippen MR) is 83.9 cm³/mol. The monoisotopic (exact) mass is 288 g/mol. The van der Waals surface area contributed by atoms with E-state index in [1.165, 1.54) is 19.8 Å². The van der Waals surface area contributed by atoms with Crippen LogP contribution in [0.25, 0.3) is 9.40 Å². The van der Waals surface area contributed by atoms with Gasteiger partial charge in [-0.05, 0) is 35.6 Å². The minimum absolute atomic E-state index is 0.0459. The largest absolute Gasteiger partial charge is 0.323 e. The summed E-state index contributed by atoms with van der Waals surface area (Å²) in [5.74, 6) is 0. The molecule has 98 valence electrons. The minimum Gasteiger partial charge on any atom is -0.323 e. The lowest BCUT2D eigenvalue weighted by Gasteiger charge is -2.09. The fourth-order valence-corrected chi connectivity index (χ4v) is 4.20. The highest BCUT2D eigenvalue weighted by atomic mass is 32.1. The third-order valence-corrected chi connectivity index (χ3v) is 5.47. The molecule has 1 unspecified atom stereocenters. The molecule has 0 fully saturated rings. The maximum absolute atomic E-state index is 6.30. The highest BCUT2D eigenvalue weighted by Crippen LogP contribution is 2.33. The molecule has 4 heteroatoms. The molecular weight excluding hydrogens is 272 g/mol. The number of rotatable bonds is 4. The first-order chi connectivity index (χ1) is 9.26. The van der Waals surface area contributed by atoms with Crippen LogP contribution in [0.3, 0.4) is 0 Å². The van der Waals surface area contributed by atoms with Gasteiger partial charge >= 0.3 is 0 Å². The summed E-state index contributed by atoms with van der Waals surface area (Å²) in [5.41, 5.74) is 8.64. The molecular formula is C15H16N2S2. The molecule has 3 aromatic heterocycles. The second-order valence-corrected chi connectivity index (χ2v) is 6.68. The van der Waals surface area contributed by atoms with Gasteiger partial charge in [-0.25, -0.2) is 0 Å². The molecule has 3 aromatic rings. The lowest BCUT2D eigenvalue weighted by Crippen LogP contribution is -2.12. The van der Waals surface area contributed by atoms with E-state index >= 15 is 0 Å². The number of thiophene rings is 2. The highest BCUT2D eigenvalue weighted by Gasteiger charge is 2.12. The molecule has 2 N–H and O–H groups in total. The Morgan fingerprint density at radius 2 is 2.16 bits per heavy atom. The quantitative estimate of drug-likeness (QED) is 0.783. The van der Waals surface area contributed by atoms with E-state index in [0.717, 1.165) is 18.5 Å². The molecule has 0 radical (unpaired) electrons. The van der Waals surface area contributed by atoms with Crippen LogP contribution in [0.1, 0.15) is 29.1 Å². The summed E-state index contributed by atoms with van der Waals surface area (Å²) in [7, 11) is 0. The summed E-state index contributed by atoms with van der Waals surface area (Å²) >= 11 is 3.57. The Labute approximate surface area is 120 Å². The van der Waals surface area contributed by atoms with Crippen LogP contribution in [-0.2, 0) is 12.8 Å². The molecule has 0 aliphatic carbocycles. The van der Waals surface area contributed by atoms with Crippen molar-refractivity contribution >= 4 is 32.1 Å². The maximum Gasteiger partial charge on any atom is 0.0454 e. The zero-order valence-electron chi connectivity index (χ0n) is 10.8. The summed E-state index contributed by atoms with van der Waals surface area (Å²) in [6.07, 6.45) is 3.79. The molecule has 0 aliphatic heterocycles. The summed E-state index contributed by atoms with van der Waals surface area (Å²) in [4.78, 5) is 5.74. The van der Waals surface area contributed by atoms with Crippen LogP contribution in [0, 0.1) is 0 Å². The van der Waals surface area contributed by atoms with Gasteiger partial charge in [-0.15, -0.1) is 22.7 Å². The Balaban J connectivity index is 1.76. The lowest BCUT2D eigenvalue weighted by atomic mass is 10.1. The molecule has 0 saturated heterocycles. The molecule has 3 rings (SSSR count). The van der Waals surface area contributed by atoms with Gasteiger partial charge < -0.3 is 5.73 Å².